The van der Waals surface area contributed by atoms with Crippen LogP contribution in [-0.4, -0.2) is 62.7 Å². The Morgan fingerprint density at radius 3 is 2.87 bits per heavy atom. The molecule has 2 aromatic heterocycles. The lowest BCUT2D eigenvalue weighted by Gasteiger charge is -2.29. The lowest BCUT2D eigenvalue weighted by Crippen LogP contribution is -2.46. The summed E-state index contributed by atoms with van der Waals surface area (Å²) >= 11 is 0. The van der Waals surface area contributed by atoms with Crippen LogP contribution < -0.4 is 4.90 Å². The molecule has 0 bridgehead atoms. The molecule has 1 saturated heterocycles. The largest absolute Gasteiger partial charge is 0.386 e. The van der Waals surface area contributed by atoms with E-state index in [0.717, 1.165) is 12.4 Å². The van der Waals surface area contributed by atoms with E-state index in [0.29, 0.717) is 18.8 Å². The molecule has 7 heteroatoms. The van der Waals surface area contributed by atoms with Gasteiger partial charge in [-0.15, -0.1) is 0 Å². The predicted molar refractivity (Wildman–Crippen MR) is 86.2 cm³/mol. The highest BCUT2D eigenvalue weighted by Gasteiger charge is 2.38. The van der Waals surface area contributed by atoms with Gasteiger partial charge in [-0.1, -0.05) is 6.07 Å². The van der Waals surface area contributed by atoms with Crippen LogP contribution >= 0.6 is 0 Å². The average Bonchev–Trinajstić information content (AvgIpc) is 3.13. The summed E-state index contributed by atoms with van der Waals surface area (Å²) in [5.41, 5.74) is -0.937. The highest BCUT2D eigenvalue weighted by Crippen LogP contribution is 2.26. The fourth-order valence-corrected chi connectivity index (χ4v) is 2.98. The van der Waals surface area contributed by atoms with Crippen LogP contribution in [0.1, 0.15) is 17.0 Å². The van der Waals surface area contributed by atoms with Crippen molar-refractivity contribution in [2.45, 2.75) is 12.0 Å². The third-order valence-electron chi connectivity index (χ3n) is 4.20. The van der Waals surface area contributed by atoms with Crippen molar-refractivity contribution in [1.29, 1.82) is 0 Å². The molecule has 0 saturated carbocycles. The van der Waals surface area contributed by atoms with Gasteiger partial charge in [-0.25, -0.2) is 9.97 Å². The van der Waals surface area contributed by atoms with Crippen LogP contribution in [0, 0.1) is 0 Å². The van der Waals surface area contributed by atoms with Crippen LogP contribution in [0.15, 0.2) is 36.8 Å². The number of pyridine rings is 1. The summed E-state index contributed by atoms with van der Waals surface area (Å²) in [7, 11) is 3.47. The molecule has 0 aromatic carbocycles. The lowest BCUT2D eigenvalue weighted by atomic mass is 10.0. The van der Waals surface area contributed by atoms with E-state index >= 15 is 0 Å². The van der Waals surface area contributed by atoms with Crippen LogP contribution in [0.4, 0.5) is 5.82 Å². The number of aromatic nitrogens is 3. The van der Waals surface area contributed by atoms with E-state index in [9.17, 15) is 9.90 Å². The van der Waals surface area contributed by atoms with E-state index in [1.54, 1.807) is 37.3 Å². The third kappa shape index (κ3) is 3.19. The molecule has 0 spiro atoms. The van der Waals surface area contributed by atoms with Crippen molar-refractivity contribution in [2.24, 2.45) is 7.05 Å². The molecule has 122 valence electrons. The Labute approximate surface area is 135 Å². The number of nitrogens with zero attached hydrogens (tertiary/aromatic N) is 5. The molecular weight excluding hydrogens is 294 g/mol. The number of likely N-dealkylation sites (N-methyl/N-ethyl adjacent to an activating group) is 1. The number of carbonyl (C=O) groups is 1. The summed E-state index contributed by atoms with van der Waals surface area (Å²) in [5, 5.41) is 10.8. The molecule has 1 amide bonds. The number of hydrogen-bond acceptors (Lipinski definition) is 5. The maximum absolute atomic E-state index is 12.4. The number of hydrogen-bond donors (Lipinski definition) is 1. The molecule has 0 aliphatic carbocycles. The van der Waals surface area contributed by atoms with Crippen LogP contribution in [0.5, 0.6) is 0 Å². The summed E-state index contributed by atoms with van der Waals surface area (Å²) < 4.78 is 1.68. The van der Waals surface area contributed by atoms with E-state index in [1.165, 1.54) is 4.90 Å². The second-order valence-corrected chi connectivity index (χ2v) is 6.11. The highest BCUT2D eigenvalue weighted by molar-refractivity contribution is 5.90. The number of carbonyl (C=O) groups excluding carboxylic acids is 1. The first-order valence-corrected chi connectivity index (χ1v) is 7.60. The molecule has 1 N–H and O–H groups in total. The molecule has 1 atom stereocenters. The number of β-amino-alcohol motifs (C(OH)–C–C–N with tert-alkyl or cyclic N) is 1. The van der Waals surface area contributed by atoms with Gasteiger partial charge in [0.25, 0.3) is 5.91 Å². The van der Waals surface area contributed by atoms with Gasteiger partial charge < -0.3 is 19.5 Å². The van der Waals surface area contributed by atoms with Gasteiger partial charge in [0.2, 0.25) is 0 Å². The number of amides is 1. The van der Waals surface area contributed by atoms with Crippen molar-refractivity contribution in [3.8, 4) is 0 Å². The molecule has 0 radical (unpaired) electrons. The van der Waals surface area contributed by atoms with E-state index < -0.39 is 5.60 Å². The Hall–Kier alpha value is -2.41. The Kier molecular flexibility index (Phi) is 4.04. The molecule has 1 aliphatic rings. The number of aryl methyl sites for hydroxylation is 1. The number of aliphatic hydroxyl groups is 1. The maximum atomic E-state index is 12.4. The summed E-state index contributed by atoms with van der Waals surface area (Å²) in [5.74, 6) is 1.03. The van der Waals surface area contributed by atoms with Crippen LogP contribution in [-0.2, 0) is 7.05 Å². The standard InChI is InChI=1S/C16H21N5O2/c1-19-10-8-18-14(19)15(22)20(2)11-16(23)6-9-21(12-16)13-5-3-4-7-17-13/h3-5,7-8,10,23H,6,9,11-12H2,1-2H3. The summed E-state index contributed by atoms with van der Waals surface area (Å²) in [6, 6.07) is 5.72. The molecule has 1 unspecified atom stereocenters. The molecule has 2 aromatic rings. The van der Waals surface area contributed by atoms with Crippen molar-refractivity contribution in [2.75, 3.05) is 31.6 Å². The number of rotatable bonds is 4. The Bertz CT molecular complexity index is 687. The average molecular weight is 315 g/mol. The molecule has 1 aliphatic heterocycles. The molecular formula is C16H21N5O2. The zero-order chi connectivity index (χ0) is 16.4. The Balaban J connectivity index is 1.66. The van der Waals surface area contributed by atoms with Gasteiger partial charge in [0.05, 0.1) is 6.54 Å². The van der Waals surface area contributed by atoms with Crippen molar-refractivity contribution >= 4 is 11.7 Å². The Morgan fingerprint density at radius 2 is 2.22 bits per heavy atom. The first-order valence-electron chi connectivity index (χ1n) is 7.60. The molecule has 1 fully saturated rings. The van der Waals surface area contributed by atoms with E-state index in [4.69, 9.17) is 0 Å². The number of anilines is 1. The minimum atomic E-state index is -0.937. The van der Waals surface area contributed by atoms with Crippen LogP contribution in [0.2, 0.25) is 0 Å². The van der Waals surface area contributed by atoms with Gasteiger partial charge in [0.1, 0.15) is 11.4 Å². The maximum Gasteiger partial charge on any atom is 0.289 e. The first kappa shape index (κ1) is 15.5. The monoisotopic (exact) mass is 315 g/mol. The van der Waals surface area contributed by atoms with Gasteiger partial charge in [0, 0.05) is 45.8 Å². The van der Waals surface area contributed by atoms with Gasteiger partial charge in [-0.05, 0) is 18.6 Å². The van der Waals surface area contributed by atoms with E-state index in [-0.39, 0.29) is 12.5 Å². The topological polar surface area (TPSA) is 74.5 Å². The van der Waals surface area contributed by atoms with Crippen molar-refractivity contribution < 1.29 is 9.90 Å². The molecule has 23 heavy (non-hydrogen) atoms. The zero-order valence-corrected chi connectivity index (χ0v) is 13.4. The summed E-state index contributed by atoms with van der Waals surface area (Å²) in [6.07, 6.45) is 5.66. The minimum absolute atomic E-state index is 0.192. The normalized spacial score (nSPS) is 20.7. The fraction of sp³-hybridized carbons (Fsp3) is 0.438. The summed E-state index contributed by atoms with van der Waals surface area (Å²) in [4.78, 5) is 24.4. The van der Waals surface area contributed by atoms with Crippen molar-refractivity contribution in [1.82, 2.24) is 19.4 Å². The van der Waals surface area contributed by atoms with Gasteiger partial charge in [-0.3, -0.25) is 4.79 Å². The van der Waals surface area contributed by atoms with Crippen molar-refractivity contribution in [3.05, 3.63) is 42.6 Å². The highest BCUT2D eigenvalue weighted by atomic mass is 16.3. The van der Waals surface area contributed by atoms with Gasteiger partial charge >= 0.3 is 0 Å². The first-order chi connectivity index (χ1) is 11.0. The van der Waals surface area contributed by atoms with Gasteiger partial charge in [-0.2, -0.15) is 0 Å². The zero-order valence-electron chi connectivity index (χ0n) is 13.4. The second-order valence-electron chi connectivity index (χ2n) is 6.11. The minimum Gasteiger partial charge on any atom is -0.386 e. The number of imidazole rings is 1. The Morgan fingerprint density at radius 1 is 1.39 bits per heavy atom. The van der Waals surface area contributed by atoms with Crippen molar-refractivity contribution in [3.63, 3.8) is 0 Å². The molecule has 7 nitrogen and oxygen atoms in total. The van der Waals surface area contributed by atoms with Gasteiger partial charge in [0.15, 0.2) is 5.82 Å². The SMILES string of the molecule is CN(CC1(O)CCN(c2ccccn2)C1)C(=O)c1nccn1C. The summed E-state index contributed by atoms with van der Waals surface area (Å²) in [6.45, 7) is 1.45. The molecule has 3 rings (SSSR count). The van der Waals surface area contributed by atoms with Crippen LogP contribution in [0.3, 0.4) is 0 Å². The van der Waals surface area contributed by atoms with E-state index in [2.05, 4.69) is 9.97 Å². The quantitative estimate of drug-likeness (QED) is 0.891. The molecule has 3 heterocycles. The fourth-order valence-electron chi connectivity index (χ4n) is 2.98. The predicted octanol–water partition coefficient (Wildman–Crippen LogP) is 0.528. The smallest absolute Gasteiger partial charge is 0.289 e. The van der Waals surface area contributed by atoms with Crippen LogP contribution in [0.25, 0.3) is 0 Å². The third-order valence-corrected chi connectivity index (χ3v) is 4.20. The second kappa shape index (κ2) is 6.00. The lowest BCUT2D eigenvalue weighted by molar-refractivity contribution is 0.0257. The van der Waals surface area contributed by atoms with E-state index in [1.807, 2.05) is 23.1 Å².